The summed E-state index contributed by atoms with van der Waals surface area (Å²) in [6.45, 7) is 2.06. The zero-order chi connectivity index (χ0) is 12.2. The summed E-state index contributed by atoms with van der Waals surface area (Å²) in [5, 5.41) is 0. The summed E-state index contributed by atoms with van der Waals surface area (Å²) in [5.41, 5.74) is 9.24. The molecule has 1 heterocycles. The van der Waals surface area contributed by atoms with Crippen LogP contribution < -0.4 is 11.4 Å². The van der Waals surface area contributed by atoms with Gasteiger partial charge >= 0.3 is 5.69 Å². The van der Waals surface area contributed by atoms with Crippen LogP contribution in [0.5, 0.6) is 0 Å². The Morgan fingerprint density at radius 2 is 2.18 bits per heavy atom. The molecule has 1 aromatic heterocycles. The summed E-state index contributed by atoms with van der Waals surface area (Å²) in [5.74, 6) is 0. The number of nitrogens with two attached hydrogens (primary N) is 1. The number of nitrogens with zero attached hydrogens (tertiary/aromatic N) is 1. The molecule has 1 fully saturated rings. The van der Waals surface area contributed by atoms with Crippen LogP contribution in [0.25, 0.3) is 11.0 Å². The molecule has 2 aromatic rings. The SMILES string of the molecule is CC(N)C1(c2ccc3c(c2)[nH]c(=O)n3C)CC1. The van der Waals surface area contributed by atoms with E-state index in [1.807, 2.05) is 6.07 Å². The average molecular weight is 231 g/mol. The van der Waals surface area contributed by atoms with Gasteiger partial charge < -0.3 is 10.7 Å². The van der Waals surface area contributed by atoms with Gasteiger partial charge in [0.2, 0.25) is 0 Å². The first-order chi connectivity index (χ1) is 8.04. The minimum Gasteiger partial charge on any atom is -0.327 e. The number of aromatic nitrogens is 2. The molecular weight excluding hydrogens is 214 g/mol. The maximum Gasteiger partial charge on any atom is 0.326 e. The number of imidazole rings is 1. The highest BCUT2D eigenvalue weighted by Crippen LogP contribution is 2.50. The lowest BCUT2D eigenvalue weighted by molar-refractivity contribution is 0.557. The Labute approximate surface area is 99.4 Å². The molecular formula is C13H17N3O. The first-order valence-corrected chi connectivity index (χ1v) is 5.99. The monoisotopic (exact) mass is 231 g/mol. The van der Waals surface area contributed by atoms with Crippen molar-refractivity contribution in [3.8, 4) is 0 Å². The van der Waals surface area contributed by atoms with Crippen LogP contribution in [0.2, 0.25) is 0 Å². The normalized spacial score (nSPS) is 19.5. The van der Waals surface area contributed by atoms with Gasteiger partial charge in [-0.25, -0.2) is 4.79 Å². The second-order valence-electron chi connectivity index (χ2n) is 5.17. The number of hydrogen-bond acceptors (Lipinski definition) is 2. The molecule has 1 saturated carbocycles. The molecule has 3 N–H and O–H groups in total. The van der Waals surface area contributed by atoms with E-state index in [2.05, 4.69) is 24.0 Å². The van der Waals surface area contributed by atoms with Crippen LogP contribution in [0.4, 0.5) is 0 Å². The van der Waals surface area contributed by atoms with E-state index in [4.69, 9.17) is 5.73 Å². The second kappa shape index (κ2) is 3.23. The lowest BCUT2D eigenvalue weighted by Crippen LogP contribution is -2.31. The van der Waals surface area contributed by atoms with Crippen molar-refractivity contribution in [2.45, 2.75) is 31.2 Å². The van der Waals surface area contributed by atoms with Crippen LogP contribution in [0.15, 0.2) is 23.0 Å². The van der Waals surface area contributed by atoms with Gasteiger partial charge in [0.15, 0.2) is 0 Å². The van der Waals surface area contributed by atoms with Gasteiger partial charge in [0.1, 0.15) is 0 Å². The topological polar surface area (TPSA) is 63.8 Å². The van der Waals surface area contributed by atoms with Crippen LogP contribution in [0.3, 0.4) is 0 Å². The van der Waals surface area contributed by atoms with E-state index in [0.717, 1.165) is 23.9 Å². The van der Waals surface area contributed by atoms with Crippen molar-refractivity contribution >= 4 is 11.0 Å². The smallest absolute Gasteiger partial charge is 0.326 e. The quantitative estimate of drug-likeness (QED) is 0.817. The molecule has 1 aliphatic rings. The molecule has 90 valence electrons. The molecule has 17 heavy (non-hydrogen) atoms. The third kappa shape index (κ3) is 1.37. The van der Waals surface area contributed by atoms with Gasteiger partial charge in [0, 0.05) is 18.5 Å². The summed E-state index contributed by atoms with van der Waals surface area (Å²) in [7, 11) is 1.78. The van der Waals surface area contributed by atoms with Gasteiger partial charge in [-0.3, -0.25) is 4.57 Å². The van der Waals surface area contributed by atoms with Gasteiger partial charge in [0.25, 0.3) is 0 Å². The van der Waals surface area contributed by atoms with Crippen molar-refractivity contribution < 1.29 is 0 Å². The number of aryl methyl sites for hydroxylation is 1. The Morgan fingerprint density at radius 3 is 2.76 bits per heavy atom. The van der Waals surface area contributed by atoms with E-state index in [9.17, 15) is 4.79 Å². The molecule has 4 heteroatoms. The maximum absolute atomic E-state index is 11.5. The van der Waals surface area contributed by atoms with Crippen molar-refractivity contribution in [3.05, 3.63) is 34.2 Å². The minimum absolute atomic E-state index is 0.0669. The zero-order valence-electron chi connectivity index (χ0n) is 10.2. The first-order valence-electron chi connectivity index (χ1n) is 5.99. The van der Waals surface area contributed by atoms with Gasteiger partial charge in [-0.15, -0.1) is 0 Å². The van der Waals surface area contributed by atoms with Crippen LogP contribution in [0, 0.1) is 0 Å². The molecule has 1 atom stereocenters. The Bertz CT molecular complexity index is 632. The van der Waals surface area contributed by atoms with Gasteiger partial charge in [-0.2, -0.15) is 0 Å². The van der Waals surface area contributed by atoms with Crippen LogP contribution >= 0.6 is 0 Å². The van der Waals surface area contributed by atoms with Gasteiger partial charge in [-0.05, 0) is 37.5 Å². The lowest BCUT2D eigenvalue weighted by atomic mass is 9.89. The van der Waals surface area contributed by atoms with Crippen molar-refractivity contribution in [2.75, 3.05) is 0 Å². The second-order valence-corrected chi connectivity index (χ2v) is 5.17. The maximum atomic E-state index is 11.5. The fourth-order valence-electron chi connectivity index (χ4n) is 2.69. The predicted octanol–water partition coefficient (Wildman–Crippen LogP) is 1.25. The molecule has 0 bridgehead atoms. The number of aromatic amines is 1. The Balaban J connectivity index is 2.18. The third-order valence-electron chi connectivity index (χ3n) is 4.14. The zero-order valence-corrected chi connectivity index (χ0v) is 10.2. The molecule has 0 saturated heterocycles. The molecule has 1 aliphatic carbocycles. The Kier molecular flexibility index (Phi) is 2.01. The van der Waals surface area contributed by atoms with Crippen LogP contribution in [-0.4, -0.2) is 15.6 Å². The van der Waals surface area contributed by atoms with Crippen molar-refractivity contribution in [1.82, 2.24) is 9.55 Å². The largest absolute Gasteiger partial charge is 0.327 e. The summed E-state index contributed by atoms with van der Waals surface area (Å²) < 4.78 is 1.63. The highest BCUT2D eigenvalue weighted by molar-refractivity contribution is 5.76. The first kappa shape index (κ1) is 10.6. The molecule has 0 spiro atoms. The van der Waals surface area contributed by atoms with Crippen LogP contribution in [-0.2, 0) is 12.5 Å². The van der Waals surface area contributed by atoms with E-state index in [-0.39, 0.29) is 17.1 Å². The molecule has 0 aliphatic heterocycles. The van der Waals surface area contributed by atoms with Crippen molar-refractivity contribution in [2.24, 2.45) is 12.8 Å². The average Bonchev–Trinajstić information content (AvgIpc) is 3.04. The number of fused-ring (bicyclic) bond motifs is 1. The predicted molar refractivity (Wildman–Crippen MR) is 68.1 cm³/mol. The van der Waals surface area contributed by atoms with Gasteiger partial charge in [0.05, 0.1) is 11.0 Å². The molecule has 1 aromatic carbocycles. The number of nitrogens with one attached hydrogen (secondary N) is 1. The fourth-order valence-corrected chi connectivity index (χ4v) is 2.69. The van der Waals surface area contributed by atoms with Crippen molar-refractivity contribution in [3.63, 3.8) is 0 Å². The van der Waals surface area contributed by atoms with Crippen LogP contribution in [0.1, 0.15) is 25.3 Å². The number of rotatable bonds is 2. The van der Waals surface area contributed by atoms with E-state index in [1.54, 1.807) is 11.6 Å². The molecule has 0 amide bonds. The van der Waals surface area contributed by atoms with Crippen molar-refractivity contribution in [1.29, 1.82) is 0 Å². The summed E-state index contributed by atoms with van der Waals surface area (Å²) in [6, 6.07) is 6.35. The van der Waals surface area contributed by atoms with E-state index in [1.165, 1.54) is 5.56 Å². The number of H-pyrrole nitrogens is 1. The standard InChI is InChI=1S/C13H17N3O/c1-8(14)13(5-6-13)9-3-4-11-10(7-9)15-12(17)16(11)2/h3-4,7-8H,5-6,14H2,1-2H3,(H,15,17). The third-order valence-corrected chi connectivity index (χ3v) is 4.14. The molecule has 3 rings (SSSR count). The highest BCUT2D eigenvalue weighted by Gasteiger charge is 2.47. The summed E-state index contributed by atoms with van der Waals surface area (Å²) in [4.78, 5) is 14.4. The highest BCUT2D eigenvalue weighted by atomic mass is 16.1. The van der Waals surface area contributed by atoms with E-state index in [0.29, 0.717) is 0 Å². The minimum atomic E-state index is -0.0669. The molecule has 4 nitrogen and oxygen atoms in total. The Hall–Kier alpha value is -1.55. The molecule has 1 unspecified atom stereocenters. The Morgan fingerprint density at radius 1 is 1.47 bits per heavy atom. The lowest BCUT2D eigenvalue weighted by Gasteiger charge is -2.20. The number of hydrogen-bond donors (Lipinski definition) is 2. The number of benzene rings is 1. The van der Waals surface area contributed by atoms with Gasteiger partial charge in [-0.1, -0.05) is 6.07 Å². The summed E-state index contributed by atoms with van der Waals surface area (Å²) in [6.07, 6.45) is 2.29. The van der Waals surface area contributed by atoms with E-state index >= 15 is 0 Å². The molecule has 0 radical (unpaired) electrons. The summed E-state index contributed by atoms with van der Waals surface area (Å²) >= 11 is 0. The van der Waals surface area contributed by atoms with E-state index < -0.39 is 0 Å². The fraction of sp³-hybridized carbons (Fsp3) is 0.462.